The third kappa shape index (κ3) is 3.93. The SMILES string of the molecule is C=C(C(=O)O)C(C(=O)O)C(F)C(F)(F)C(F)(F)C(F)(F)C(F)(F)C(F)(F)C(F)(F)C(F)F. The number of alkyl halides is 15. The van der Waals surface area contributed by atoms with E-state index < -0.39 is 71.6 Å². The lowest BCUT2D eigenvalue weighted by molar-refractivity contribution is -0.436. The van der Waals surface area contributed by atoms with Crippen molar-refractivity contribution in [1.29, 1.82) is 0 Å². The van der Waals surface area contributed by atoms with E-state index in [2.05, 4.69) is 6.58 Å². The number of hydrogen-bond donors (Lipinski definition) is 2. The van der Waals surface area contributed by atoms with Crippen LogP contribution in [0.1, 0.15) is 0 Å². The summed E-state index contributed by atoms with van der Waals surface area (Å²) >= 11 is 0. The van der Waals surface area contributed by atoms with Crippen molar-refractivity contribution in [3.8, 4) is 0 Å². The molecule has 4 nitrogen and oxygen atoms in total. The number of carboxylic acid groups (broad SMARTS) is 2. The first-order valence-corrected chi connectivity index (χ1v) is 7.12. The molecule has 0 aliphatic carbocycles. The fourth-order valence-corrected chi connectivity index (χ4v) is 1.92. The van der Waals surface area contributed by atoms with Crippen LogP contribution in [-0.2, 0) is 9.59 Å². The van der Waals surface area contributed by atoms with Gasteiger partial charge in [0.15, 0.2) is 6.17 Å². The molecular weight excluding hydrogens is 505 g/mol. The number of carboxylic acids is 2. The fraction of sp³-hybridized carbons (Fsp3) is 0.692. The van der Waals surface area contributed by atoms with Crippen molar-refractivity contribution >= 4 is 11.9 Å². The number of carbonyl (C=O) groups is 2. The highest BCUT2D eigenvalue weighted by atomic mass is 19.4. The van der Waals surface area contributed by atoms with E-state index in [0.717, 1.165) is 0 Å². The van der Waals surface area contributed by atoms with Crippen molar-refractivity contribution < 1.29 is 85.7 Å². The Morgan fingerprint density at radius 1 is 0.625 bits per heavy atom. The van der Waals surface area contributed by atoms with Crippen LogP contribution in [0.2, 0.25) is 0 Å². The Labute approximate surface area is 165 Å². The van der Waals surface area contributed by atoms with Gasteiger partial charge in [0.2, 0.25) is 0 Å². The summed E-state index contributed by atoms with van der Waals surface area (Å²) in [7, 11) is 0. The van der Waals surface area contributed by atoms with Gasteiger partial charge < -0.3 is 10.2 Å². The van der Waals surface area contributed by atoms with Crippen molar-refractivity contribution in [3.63, 3.8) is 0 Å². The minimum Gasteiger partial charge on any atom is -0.481 e. The van der Waals surface area contributed by atoms with Crippen molar-refractivity contribution in [2.75, 3.05) is 0 Å². The molecule has 0 rings (SSSR count). The Morgan fingerprint density at radius 3 is 1.19 bits per heavy atom. The molecule has 32 heavy (non-hydrogen) atoms. The van der Waals surface area contributed by atoms with Crippen molar-refractivity contribution in [2.24, 2.45) is 5.92 Å². The molecule has 0 bridgehead atoms. The molecule has 0 heterocycles. The molecule has 0 spiro atoms. The molecule has 2 atom stereocenters. The van der Waals surface area contributed by atoms with Crippen LogP contribution in [0, 0.1) is 5.92 Å². The van der Waals surface area contributed by atoms with Crippen LogP contribution < -0.4 is 0 Å². The van der Waals surface area contributed by atoms with Crippen LogP contribution in [0.4, 0.5) is 65.9 Å². The summed E-state index contributed by atoms with van der Waals surface area (Å²) in [5.74, 6) is -58.2. The van der Waals surface area contributed by atoms with E-state index in [9.17, 15) is 75.4 Å². The Kier molecular flexibility index (Phi) is 7.59. The molecule has 0 aromatic rings. The molecular formula is C13H7F15O4. The Bertz CT molecular complexity index is 760. The quantitative estimate of drug-likeness (QED) is 0.310. The van der Waals surface area contributed by atoms with Gasteiger partial charge in [-0.3, -0.25) is 4.79 Å². The van der Waals surface area contributed by atoms with E-state index >= 15 is 0 Å². The first kappa shape index (κ1) is 29.6. The molecule has 0 aliphatic rings. The molecule has 0 fully saturated rings. The molecule has 19 heteroatoms. The summed E-state index contributed by atoms with van der Waals surface area (Å²) in [6.45, 7) is 2.16. The molecule has 0 saturated heterocycles. The monoisotopic (exact) mass is 512 g/mol. The van der Waals surface area contributed by atoms with Crippen LogP contribution >= 0.6 is 0 Å². The van der Waals surface area contributed by atoms with Gasteiger partial charge in [-0.2, -0.15) is 52.7 Å². The lowest BCUT2D eigenvalue weighted by Crippen LogP contribution is -2.73. The third-order valence-electron chi connectivity index (χ3n) is 3.85. The van der Waals surface area contributed by atoms with Crippen LogP contribution in [0.25, 0.3) is 0 Å². The second-order valence-electron chi connectivity index (χ2n) is 5.89. The van der Waals surface area contributed by atoms with Gasteiger partial charge in [0, 0.05) is 5.57 Å². The molecule has 2 unspecified atom stereocenters. The van der Waals surface area contributed by atoms with Crippen LogP contribution in [0.15, 0.2) is 12.2 Å². The van der Waals surface area contributed by atoms with Gasteiger partial charge in [0.1, 0.15) is 5.92 Å². The maximum atomic E-state index is 13.8. The normalized spacial score (nSPS) is 16.6. The number of aliphatic carboxylic acids is 2. The lowest BCUT2D eigenvalue weighted by atomic mass is 9.84. The van der Waals surface area contributed by atoms with Crippen molar-refractivity contribution in [3.05, 3.63) is 12.2 Å². The number of hydrogen-bond acceptors (Lipinski definition) is 2. The van der Waals surface area contributed by atoms with Gasteiger partial charge in [-0.1, -0.05) is 6.58 Å². The summed E-state index contributed by atoms with van der Waals surface area (Å²) in [6.07, 6.45) is -11.3. The van der Waals surface area contributed by atoms with Gasteiger partial charge in [-0.05, 0) is 0 Å². The second-order valence-corrected chi connectivity index (χ2v) is 5.89. The second kappa shape index (κ2) is 8.20. The van der Waals surface area contributed by atoms with Crippen molar-refractivity contribution in [1.82, 2.24) is 0 Å². The Morgan fingerprint density at radius 2 is 0.938 bits per heavy atom. The Hall–Kier alpha value is -2.37. The third-order valence-corrected chi connectivity index (χ3v) is 3.85. The first-order valence-electron chi connectivity index (χ1n) is 7.12. The topological polar surface area (TPSA) is 74.6 Å². The fourth-order valence-electron chi connectivity index (χ4n) is 1.92. The van der Waals surface area contributed by atoms with E-state index in [1.165, 1.54) is 0 Å². The predicted molar refractivity (Wildman–Crippen MR) is 68.5 cm³/mol. The van der Waals surface area contributed by atoms with Gasteiger partial charge in [-0.15, -0.1) is 0 Å². The highest BCUT2D eigenvalue weighted by Crippen LogP contribution is 2.61. The summed E-state index contributed by atoms with van der Waals surface area (Å²) in [5.41, 5.74) is -2.25. The van der Waals surface area contributed by atoms with Gasteiger partial charge >= 0.3 is 53.9 Å². The minimum absolute atomic E-state index is 2.16. The van der Waals surface area contributed by atoms with E-state index in [-0.39, 0.29) is 0 Å². The first-order chi connectivity index (χ1) is 13.8. The van der Waals surface area contributed by atoms with E-state index in [0.29, 0.717) is 0 Å². The van der Waals surface area contributed by atoms with E-state index in [1.54, 1.807) is 0 Å². The zero-order chi connectivity index (χ0) is 26.5. The average Bonchev–Trinajstić information content (AvgIpc) is 2.59. The summed E-state index contributed by atoms with van der Waals surface area (Å²) in [5, 5.41) is 16.8. The van der Waals surface area contributed by atoms with E-state index in [4.69, 9.17) is 10.2 Å². The zero-order valence-corrected chi connectivity index (χ0v) is 14.3. The van der Waals surface area contributed by atoms with Gasteiger partial charge in [0.05, 0.1) is 0 Å². The molecule has 0 amide bonds. The molecule has 188 valence electrons. The lowest BCUT2D eigenvalue weighted by Gasteiger charge is -2.42. The van der Waals surface area contributed by atoms with Gasteiger partial charge in [0.25, 0.3) is 0 Å². The van der Waals surface area contributed by atoms with Gasteiger partial charge in [-0.25, -0.2) is 18.0 Å². The van der Waals surface area contributed by atoms with Crippen LogP contribution in [0.5, 0.6) is 0 Å². The average molecular weight is 512 g/mol. The van der Waals surface area contributed by atoms with Crippen LogP contribution in [0.3, 0.4) is 0 Å². The summed E-state index contributed by atoms with van der Waals surface area (Å²) in [4.78, 5) is 21.2. The van der Waals surface area contributed by atoms with E-state index in [1.807, 2.05) is 0 Å². The smallest absolute Gasteiger partial charge is 0.384 e. The molecule has 0 radical (unpaired) electrons. The highest BCUT2D eigenvalue weighted by Gasteiger charge is 2.92. The molecule has 0 saturated carbocycles. The predicted octanol–water partition coefficient (Wildman–Crippen LogP) is 4.74. The Balaban J connectivity index is 6.76. The zero-order valence-electron chi connectivity index (χ0n) is 14.3. The molecule has 2 N–H and O–H groups in total. The minimum atomic E-state index is -8.46. The largest absolute Gasteiger partial charge is 0.481 e. The number of halogens is 15. The highest BCUT2D eigenvalue weighted by molar-refractivity contribution is 5.93. The molecule has 0 aliphatic heterocycles. The van der Waals surface area contributed by atoms with Crippen molar-refractivity contribution in [2.45, 2.75) is 48.1 Å². The summed E-state index contributed by atoms with van der Waals surface area (Å²) < 4.78 is 197. The number of rotatable bonds is 11. The summed E-state index contributed by atoms with van der Waals surface area (Å²) in [6, 6.07) is 0. The molecule has 0 aromatic heterocycles. The van der Waals surface area contributed by atoms with Crippen LogP contribution in [-0.4, -0.2) is 70.3 Å². The standard InChI is InChI=1S/C13H7F15O4/c1-2(5(29)30)3(6(31)32)4(14)8(17,18)10(21,22)12(25,26)13(27,28)11(23,24)9(19,20)7(15)16/h3-4,7H,1H2,(H,29,30)(H,31,32). The maximum absolute atomic E-state index is 13.8. The molecule has 0 aromatic carbocycles. The maximum Gasteiger partial charge on any atom is 0.384 e.